The van der Waals surface area contributed by atoms with E-state index in [1.165, 1.54) is 0 Å². The standard InChI is InChI=1S/C13H19F2NO2/c1-9(8-18-2)6-16-7-13(17)11-5-10(14)3-4-12(11)15/h3-5,9,13,16-17H,6-8H2,1-2H3. The number of halogens is 2. The average molecular weight is 259 g/mol. The van der Waals surface area contributed by atoms with Crippen molar-refractivity contribution in [3.05, 3.63) is 35.4 Å². The van der Waals surface area contributed by atoms with Gasteiger partial charge in [-0.2, -0.15) is 0 Å². The van der Waals surface area contributed by atoms with Crippen LogP contribution in [-0.2, 0) is 4.74 Å². The molecule has 0 aliphatic heterocycles. The number of aliphatic hydroxyl groups is 1. The molecule has 2 atom stereocenters. The van der Waals surface area contributed by atoms with E-state index in [-0.39, 0.29) is 12.1 Å². The molecule has 0 fully saturated rings. The van der Waals surface area contributed by atoms with Gasteiger partial charge in [-0.25, -0.2) is 8.78 Å². The van der Waals surface area contributed by atoms with Gasteiger partial charge in [-0.3, -0.25) is 0 Å². The van der Waals surface area contributed by atoms with E-state index in [2.05, 4.69) is 5.32 Å². The van der Waals surface area contributed by atoms with Crippen LogP contribution in [0.15, 0.2) is 18.2 Å². The van der Waals surface area contributed by atoms with E-state index in [1.54, 1.807) is 7.11 Å². The quantitative estimate of drug-likeness (QED) is 0.785. The van der Waals surface area contributed by atoms with Gasteiger partial charge >= 0.3 is 0 Å². The van der Waals surface area contributed by atoms with Crippen LogP contribution in [0.1, 0.15) is 18.6 Å². The van der Waals surface area contributed by atoms with Crippen LogP contribution < -0.4 is 5.32 Å². The van der Waals surface area contributed by atoms with Crippen molar-refractivity contribution in [2.75, 3.05) is 26.8 Å². The van der Waals surface area contributed by atoms with E-state index in [0.29, 0.717) is 19.1 Å². The molecule has 5 heteroatoms. The summed E-state index contributed by atoms with van der Waals surface area (Å²) in [5.74, 6) is -0.867. The monoisotopic (exact) mass is 259 g/mol. The molecule has 0 saturated heterocycles. The van der Waals surface area contributed by atoms with Crippen molar-refractivity contribution >= 4 is 0 Å². The number of hydrogen-bond acceptors (Lipinski definition) is 3. The molecule has 3 nitrogen and oxygen atoms in total. The maximum atomic E-state index is 13.4. The Morgan fingerprint density at radius 2 is 2.06 bits per heavy atom. The van der Waals surface area contributed by atoms with E-state index in [9.17, 15) is 13.9 Å². The fourth-order valence-electron chi connectivity index (χ4n) is 1.69. The third-order valence-corrected chi connectivity index (χ3v) is 2.60. The number of benzene rings is 1. The molecule has 18 heavy (non-hydrogen) atoms. The van der Waals surface area contributed by atoms with E-state index in [0.717, 1.165) is 18.2 Å². The molecular formula is C13H19F2NO2. The first-order valence-corrected chi connectivity index (χ1v) is 5.87. The maximum Gasteiger partial charge on any atom is 0.129 e. The highest BCUT2D eigenvalue weighted by Crippen LogP contribution is 2.17. The Labute approximate surface area is 106 Å². The zero-order valence-corrected chi connectivity index (χ0v) is 10.6. The summed E-state index contributed by atoms with van der Waals surface area (Å²) < 4.78 is 31.3. The first-order valence-electron chi connectivity index (χ1n) is 5.87. The second-order valence-electron chi connectivity index (χ2n) is 4.40. The Balaban J connectivity index is 2.45. The summed E-state index contributed by atoms with van der Waals surface area (Å²) in [6.45, 7) is 3.42. The van der Waals surface area contributed by atoms with Crippen LogP contribution in [0.2, 0.25) is 0 Å². The molecule has 0 aliphatic carbocycles. The van der Waals surface area contributed by atoms with Crippen LogP contribution in [0.5, 0.6) is 0 Å². The third kappa shape index (κ3) is 4.68. The molecule has 0 radical (unpaired) electrons. The Bertz CT molecular complexity index is 374. The van der Waals surface area contributed by atoms with Crippen LogP contribution in [0.4, 0.5) is 8.78 Å². The second-order valence-corrected chi connectivity index (χ2v) is 4.40. The lowest BCUT2D eigenvalue weighted by Gasteiger charge is -2.15. The van der Waals surface area contributed by atoms with Gasteiger partial charge in [0.05, 0.1) is 6.10 Å². The van der Waals surface area contributed by atoms with Crippen LogP contribution >= 0.6 is 0 Å². The van der Waals surface area contributed by atoms with Crippen molar-refractivity contribution in [2.24, 2.45) is 5.92 Å². The molecule has 0 amide bonds. The molecule has 102 valence electrons. The SMILES string of the molecule is COCC(C)CNCC(O)c1cc(F)ccc1F. The van der Waals surface area contributed by atoms with Gasteiger partial charge in [0.15, 0.2) is 0 Å². The van der Waals surface area contributed by atoms with Crippen molar-refractivity contribution in [3.63, 3.8) is 0 Å². The van der Waals surface area contributed by atoms with Crippen LogP contribution in [0, 0.1) is 17.6 Å². The van der Waals surface area contributed by atoms with Gasteiger partial charge in [-0.1, -0.05) is 6.92 Å². The highest BCUT2D eigenvalue weighted by Gasteiger charge is 2.13. The van der Waals surface area contributed by atoms with Gasteiger partial charge in [0.2, 0.25) is 0 Å². The predicted molar refractivity (Wildman–Crippen MR) is 65.2 cm³/mol. The summed E-state index contributed by atoms with van der Waals surface area (Å²) in [6, 6.07) is 3.06. The first-order chi connectivity index (χ1) is 8.54. The normalized spacial score (nSPS) is 14.5. The first kappa shape index (κ1) is 15.0. The van der Waals surface area contributed by atoms with Gasteiger partial charge < -0.3 is 15.2 Å². The summed E-state index contributed by atoms with van der Waals surface area (Å²) >= 11 is 0. The number of hydrogen-bond donors (Lipinski definition) is 2. The lowest BCUT2D eigenvalue weighted by molar-refractivity contribution is 0.145. The zero-order chi connectivity index (χ0) is 13.5. The van der Waals surface area contributed by atoms with E-state index in [4.69, 9.17) is 4.74 Å². The topological polar surface area (TPSA) is 41.5 Å². The summed E-state index contributed by atoms with van der Waals surface area (Å²) in [7, 11) is 1.62. The summed E-state index contributed by atoms with van der Waals surface area (Å²) in [4.78, 5) is 0. The summed E-state index contributed by atoms with van der Waals surface area (Å²) in [5, 5.41) is 12.8. The predicted octanol–water partition coefficient (Wildman–Crippen LogP) is 1.87. The molecule has 2 unspecified atom stereocenters. The molecule has 2 N–H and O–H groups in total. The summed E-state index contributed by atoms with van der Waals surface area (Å²) in [6.07, 6.45) is -1.06. The van der Waals surface area contributed by atoms with E-state index < -0.39 is 17.7 Å². The van der Waals surface area contributed by atoms with Gasteiger partial charge in [0, 0.05) is 32.4 Å². The zero-order valence-electron chi connectivity index (χ0n) is 10.6. The van der Waals surface area contributed by atoms with E-state index in [1.807, 2.05) is 6.92 Å². The van der Waals surface area contributed by atoms with Gasteiger partial charge in [-0.15, -0.1) is 0 Å². The lowest BCUT2D eigenvalue weighted by atomic mass is 10.1. The molecule has 0 bridgehead atoms. The van der Waals surface area contributed by atoms with Crippen molar-refractivity contribution in [2.45, 2.75) is 13.0 Å². The minimum atomic E-state index is -1.06. The van der Waals surface area contributed by atoms with Gasteiger partial charge in [0.25, 0.3) is 0 Å². The lowest BCUT2D eigenvalue weighted by Crippen LogP contribution is -2.28. The second kappa shape index (κ2) is 7.41. The summed E-state index contributed by atoms with van der Waals surface area (Å²) in [5.41, 5.74) is -0.0260. The highest BCUT2D eigenvalue weighted by atomic mass is 19.1. The Hall–Kier alpha value is -1.04. The Morgan fingerprint density at radius 1 is 1.33 bits per heavy atom. The molecule has 0 aromatic heterocycles. The number of rotatable bonds is 7. The van der Waals surface area contributed by atoms with Gasteiger partial charge in [-0.05, 0) is 24.1 Å². The van der Waals surface area contributed by atoms with Crippen LogP contribution in [0.25, 0.3) is 0 Å². The number of nitrogens with one attached hydrogen (secondary N) is 1. The highest BCUT2D eigenvalue weighted by molar-refractivity contribution is 5.21. The Morgan fingerprint density at radius 3 is 2.72 bits per heavy atom. The molecular weight excluding hydrogens is 240 g/mol. The fraction of sp³-hybridized carbons (Fsp3) is 0.538. The van der Waals surface area contributed by atoms with E-state index >= 15 is 0 Å². The maximum absolute atomic E-state index is 13.4. The van der Waals surface area contributed by atoms with Crippen molar-refractivity contribution in [3.8, 4) is 0 Å². The van der Waals surface area contributed by atoms with Gasteiger partial charge in [0.1, 0.15) is 11.6 Å². The fourth-order valence-corrected chi connectivity index (χ4v) is 1.69. The minimum absolute atomic E-state index is 0.0260. The molecule has 0 spiro atoms. The van der Waals surface area contributed by atoms with Crippen molar-refractivity contribution in [1.29, 1.82) is 0 Å². The largest absolute Gasteiger partial charge is 0.387 e. The molecule has 0 saturated carbocycles. The molecule has 0 aliphatic rings. The Kier molecular flexibility index (Phi) is 6.18. The number of methoxy groups -OCH3 is 1. The third-order valence-electron chi connectivity index (χ3n) is 2.60. The molecule has 0 heterocycles. The van der Waals surface area contributed by atoms with Crippen LogP contribution in [-0.4, -0.2) is 31.9 Å². The van der Waals surface area contributed by atoms with Crippen molar-refractivity contribution in [1.82, 2.24) is 5.32 Å². The molecule has 1 aromatic rings. The van der Waals surface area contributed by atoms with Crippen molar-refractivity contribution < 1.29 is 18.6 Å². The van der Waals surface area contributed by atoms with Crippen LogP contribution in [0.3, 0.4) is 0 Å². The average Bonchev–Trinajstić information content (AvgIpc) is 2.32. The molecule has 1 rings (SSSR count). The smallest absolute Gasteiger partial charge is 0.129 e. The minimum Gasteiger partial charge on any atom is -0.387 e. The number of aliphatic hydroxyl groups excluding tert-OH is 1. The molecule has 1 aromatic carbocycles. The number of ether oxygens (including phenoxy) is 1.